The first-order valence-electron chi connectivity index (χ1n) is 9.45. The van der Waals surface area contributed by atoms with E-state index in [0.29, 0.717) is 30.6 Å². The van der Waals surface area contributed by atoms with Crippen molar-refractivity contribution >= 4 is 11.8 Å². The van der Waals surface area contributed by atoms with Gasteiger partial charge in [-0.3, -0.25) is 14.3 Å². The molecule has 0 spiro atoms. The van der Waals surface area contributed by atoms with Crippen LogP contribution in [-0.4, -0.2) is 34.8 Å². The van der Waals surface area contributed by atoms with Gasteiger partial charge in [0.15, 0.2) is 0 Å². The number of aryl methyl sites for hydroxylation is 2. The minimum Gasteiger partial charge on any atom is -0.434 e. The largest absolute Gasteiger partial charge is 0.434 e. The predicted octanol–water partition coefficient (Wildman–Crippen LogP) is 2.42. The Morgan fingerprint density at radius 2 is 2.14 bits per heavy atom. The van der Waals surface area contributed by atoms with E-state index in [4.69, 9.17) is 0 Å². The Hall–Kier alpha value is -2.97. The number of nitrogens with zero attached hydrogens (tertiary/aromatic N) is 2. The average molecular weight is 406 g/mol. The normalized spacial score (nSPS) is 15.7. The first-order valence-corrected chi connectivity index (χ1v) is 9.45. The molecule has 2 heterocycles. The summed E-state index contributed by atoms with van der Waals surface area (Å²) in [5.74, 6) is -0.131. The number of hydrogen-bond donors (Lipinski definition) is 2. The van der Waals surface area contributed by atoms with Crippen LogP contribution in [0, 0.1) is 12.8 Å². The number of carbonyl (C=O) groups excluding carboxylic acids is 2. The number of benzene rings is 1. The highest BCUT2D eigenvalue weighted by Crippen LogP contribution is 2.24. The Morgan fingerprint density at radius 1 is 1.34 bits per heavy atom. The number of fused-ring (bicyclic) bond motifs is 1. The van der Waals surface area contributed by atoms with Crippen molar-refractivity contribution in [3.63, 3.8) is 0 Å². The third-order valence-corrected chi connectivity index (χ3v) is 4.94. The van der Waals surface area contributed by atoms with E-state index >= 15 is 0 Å². The number of halogens is 2. The number of hydrogen-bond acceptors (Lipinski definition) is 4. The zero-order valence-corrected chi connectivity index (χ0v) is 16.4. The van der Waals surface area contributed by atoms with Crippen LogP contribution >= 0.6 is 0 Å². The molecule has 1 atom stereocenters. The summed E-state index contributed by atoms with van der Waals surface area (Å²) in [5, 5.41) is 9.86. The van der Waals surface area contributed by atoms with Crippen molar-refractivity contribution in [3.8, 4) is 5.75 Å². The van der Waals surface area contributed by atoms with E-state index in [1.165, 1.54) is 19.2 Å². The molecule has 0 saturated carbocycles. The van der Waals surface area contributed by atoms with Crippen molar-refractivity contribution in [2.45, 2.75) is 46.4 Å². The van der Waals surface area contributed by atoms with E-state index in [9.17, 15) is 18.4 Å². The van der Waals surface area contributed by atoms with Crippen molar-refractivity contribution in [2.75, 3.05) is 6.54 Å². The van der Waals surface area contributed by atoms with Crippen LogP contribution in [0.15, 0.2) is 24.4 Å². The fraction of sp³-hybridized carbons (Fsp3) is 0.450. The monoisotopic (exact) mass is 406 g/mol. The van der Waals surface area contributed by atoms with Crippen molar-refractivity contribution in [1.29, 1.82) is 0 Å². The number of ether oxygens (including phenoxy) is 1. The molecule has 9 heteroatoms. The van der Waals surface area contributed by atoms with Gasteiger partial charge in [-0.15, -0.1) is 0 Å². The molecule has 156 valence electrons. The van der Waals surface area contributed by atoms with Gasteiger partial charge in [0.05, 0.1) is 17.5 Å². The summed E-state index contributed by atoms with van der Waals surface area (Å²) in [7, 11) is 0. The second kappa shape index (κ2) is 9.02. The standard InChI is InChI=1S/C20H24F2N4O3/c1-12-3-4-18(29-20(21)22)15(7-12)10-24-19(28)16-11-25-26-6-5-14(8-17(16)26)9-23-13(2)27/h3-4,7,11,14,20H,5-6,8-10H2,1-2H3,(H,23,27)(H,24,28). The summed E-state index contributed by atoms with van der Waals surface area (Å²) in [6.07, 6.45) is 3.03. The highest BCUT2D eigenvalue weighted by atomic mass is 19.3. The summed E-state index contributed by atoms with van der Waals surface area (Å²) >= 11 is 0. The molecule has 0 radical (unpaired) electrons. The first kappa shape index (κ1) is 20.8. The lowest BCUT2D eigenvalue weighted by Gasteiger charge is -2.24. The number of aromatic nitrogens is 2. The molecule has 0 aliphatic carbocycles. The molecule has 1 aromatic carbocycles. The third-order valence-electron chi connectivity index (χ3n) is 4.94. The highest BCUT2D eigenvalue weighted by Gasteiger charge is 2.25. The van der Waals surface area contributed by atoms with Gasteiger partial charge >= 0.3 is 6.61 Å². The van der Waals surface area contributed by atoms with Crippen LogP contribution < -0.4 is 15.4 Å². The number of amides is 2. The fourth-order valence-electron chi connectivity index (χ4n) is 3.48. The maximum atomic E-state index is 12.7. The van der Waals surface area contributed by atoms with Gasteiger partial charge < -0.3 is 15.4 Å². The average Bonchev–Trinajstić information content (AvgIpc) is 3.09. The van der Waals surface area contributed by atoms with Gasteiger partial charge in [0.25, 0.3) is 5.91 Å². The molecule has 7 nitrogen and oxygen atoms in total. The summed E-state index contributed by atoms with van der Waals surface area (Å²) in [6.45, 7) is 1.67. The molecule has 1 unspecified atom stereocenters. The van der Waals surface area contributed by atoms with Gasteiger partial charge in [0, 0.05) is 32.1 Å². The van der Waals surface area contributed by atoms with E-state index in [0.717, 1.165) is 17.7 Å². The first-order chi connectivity index (χ1) is 13.8. The van der Waals surface area contributed by atoms with Gasteiger partial charge in [0.1, 0.15) is 5.75 Å². The lowest BCUT2D eigenvalue weighted by Crippen LogP contribution is -2.33. The Balaban J connectivity index is 1.68. The molecule has 3 rings (SSSR count). The molecule has 1 aromatic heterocycles. The molecule has 1 aliphatic heterocycles. The number of alkyl halides is 2. The van der Waals surface area contributed by atoms with Crippen LogP contribution in [-0.2, 0) is 24.3 Å². The third kappa shape index (κ3) is 5.30. The van der Waals surface area contributed by atoms with Crippen molar-refractivity contribution in [2.24, 2.45) is 5.92 Å². The van der Waals surface area contributed by atoms with Crippen LogP contribution in [0.3, 0.4) is 0 Å². The smallest absolute Gasteiger partial charge is 0.387 e. The Kier molecular flexibility index (Phi) is 6.46. The van der Waals surface area contributed by atoms with E-state index in [1.807, 2.05) is 6.92 Å². The molecule has 2 aromatic rings. The van der Waals surface area contributed by atoms with Crippen LogP contribution in [0.5, 0.6) is 5.75 Å². The minimum atomic E-state index is -2.93. The van der Waals surface area contributed by atoms with Crippen molar-refractivity contribution in [3.05, 3.63) is 46.8 Å². The molecule has 1 aliphatic rings. The zero-order chi connectivity index (χ0) is 21.0. The Bertz CT molecular complexity index is 898. The minimum absolute atomic E-state index is 0.0401. The van der Waals surface area contributed by atoms with Gasteiger partial charge in [-0.25, -0.2) is 0 Å². The second-order valence-corrected chi connectivity index (χ2v) is 7.20. The summed E-state index contributed by atoms with van der Waals surface area (Å²) in [6, 6.07) is 4.85. The summed E-state index contributed by atoms with van der Waals surface area (Å²) < 4.78 is 31.6. The van der Waals surface area contributed by atoms with Crippen LogP contribution in [0.4, 0.5) is 8.78 Å². The van der Waals surface area contributed by atoms with Gasteiger partial charge in [-0.2, -0.15) is 13.9 Å². The second-order valence-electron chi connectivity index (χ2n) is 7.20. The van der Waals surface area contributed by atoms with E-state index in [2.05, 4.69) is 20.5 Å². The number of nitrogens with one attached hydrogen (secondary N) is 2. The Morgan fingerprint density at radius 3 is 2.86 bits per heavy atom. The highest BCUT2D eigenvalue weighted by molar-refractivity contribution is 5.95. The SMILES string of the molecule is CC(=O)NCC1CCn2ncc(C(=O)NCc3cc(C)ccc3OC(F)F)c2C1. The van der Waals surface area contributed by atoms with Gasteiger partial charge in [-0.1, -0.05) is 17.7 Å². The van der Waals surface area contributed by atoms with Gasteiger partial charge in [-0.05, 0) is 31.7 Å². The van der Waals surface area contributed by atoms with E-state index in [-0.39, 0.29) is 30.0 Å². The maximum Gasteiger partial charge on any atom is 0.387 e. The summed E-state index contributed by atoms with van der Waals surface area (Å²) in [4.78, 5) is 23.9. The van der Waals surface area contributed by atoms with Crippen LogP contribution in [0.2, 0.25) is 0 Å². The Labute approximate surface area is 167 Å². The molecule has 2 N–H and O–H groups in total. The lowest BCUT2D eigenvalue weighted by molar-refractivity contribution is -0.119. The molecule has 0 saturated heterocycles. The molecule has 29 heavy (non-hydrogen) atoms. The fourth-order valence-corrected chi connectivity index (χ4v) is 3.48. The van der Waals surface area contributed by atoms with Crippen LogP contribution in [0.25, 0.3) is 0 Å². The number of rotatable bonds is 7. The van der Waals surface area contributed by atoms with E-state index < -0.39 is 6.61 Å². The lowest BCUT2D eigenvalue weighted by atomic mass is 9.94. The molecular weight excluding hydrogens is 382 g/mol. The van der Waals surface area contributed by atoms with Crippen molar-refractivity contribution in [1.82, 2.24) is 20.4 Å². The topological polar surface area (TPSA) is 85.2 Å². The van der Waals surface area contributed by atoms with E-state index in [1.54, 1.807) is 16.8 Å². The molecular formula is C20H24F2N4O3. The quantitative estimate of drug-likeness (QED) is 0.740. The maximum absolute atomic E-state index is 12.7. The van der Waals surface area contributed by atoms with Gasteiger partial charge in [0.2, 0.25) is 5.91 Å². The number of carbonyl (C=O) groups is 2. The van der Waals surface area contributed by atoms with Crippen LogP contribution in [0.1, 0.15) is 40.5 Å². The van der Waals surface area contributed by atoms with Crippen molar-refractivity contribution < 1.29 is 23.1 Å². The predicted molar refractivity (Wildman–Crippen MR) is 102 cm³/mol. The zero-order valence-electron chi connectivity index (χ0n) is 16.4. The molecule has 2 amide bonds. The molecule has 0 fully saturated rings. The molecule has 0 bridgehead atoms. The summed E-state index contributed by atoms with van der Waals surface area (Å²) in [5.41, 5.74) is 2.63.